The summed E-state index contributed by atoms with van der Waals surface area (Å²) in [5.41, 5.74) is 7.23. The van der Waals surface area contributed by atoms with E-state index < -0.39 is 0 Å². The minimum atomic E-state index is -0.219. The van der Waals surface area contributed by atoms with Crippen molar-refractivity contribution in [1.29, 1.82) is 0 Å². The van der Waals surface area contributed by atoms with Gasteiger partial charge in [0.1, 0.15) is 5.82 Å². The second kappa shape index (κ2) is 5.98. The van der Waals surface area contributed by atoms with Gasteiger partial charge in [-0.05, 0) is 30.0 Å². The first-order valence-electron chi connectivity index (χ1n) is 4.87. The predicted molar refractivity (Wildman–Crippen MR) is 65.9 cm³/mol. The van der Waals surface area contributed by atoms with Crippen LogP contribution in [0.4, 0.5) is 10.1 Å². The summed E-state index contributed by atoms with van der Waals surface area (Å²) in [6.45, 7) is 1.29. The summed E-state index contributed by atoms with van der Waals surface area (Å²) in [6, 6.07) is 4.95. The van der Waals surface area contributed by atoms with Gasteiger partial charge in [0.2, 0.25) is 0 Å². The van der Waals surface area contributed by atoms with Crippen LogP contribution in [0.1, 0.15) is 5.56 Å². The van der Waals surface area contributed by atoms with Crippen molar-refractivity contribution in [3.05, 3.63) is 29.6 Å². The molecular weight excluding hydrogens is 211 g/mol. The van der Waals surface area contributed by atoms with E-state index in [1.54, 1.807) is 17.8 Å². The highest BCUT2D eigenvalue weighted by molar-refractivity contribution is 7.98. The Bertz CT molecular complexity index is 317. The highest BCUT2D eigenvalue weighted by Gasteiger charge is 2.04. The Labute approximate surface area is 94.6 Å². The van der Waals surface area contributed by atoms with Crippen molar-refractivity contribution in [1.82, 2.24) is 0 Å². The maximum Gasteiger partial charge on any atom is 0.125 e. The van der Waals surface area contributed by atoms with Crippen molar-refractivity contribution in [3.8, 4) is 0 Å². The van der Waals surface area contributed by atoms with Crippen LogP contribution in [0.25, 0.3) is 0 Å². The number of rotatable bonds is 5. The maximum absolute atomic E-state index is 13.2. The lowest BCUT2D eigenvalue weighted by Gasteiger charge is -2.19. The lowest BCUT2D eigenvalue weighted by Crippen LogP contribution is -2.20. The van der Waals surface area contributed by atoms with Gasteiger partial charge in [-0.15, -0.1) is 0 Å². The van der Waals surface area contributed by atoms with Crippen LogP contribution in [0.3, 0.4) is 0 Å². The highest BCUT2D eigenvalue weighted by atomic mass is 32.2. The molecule has 1 aromatic carbocycles. The summed E-state index contributed by atoms with van der Waals surface area (Å²) in [7, 11) is 1.96. The largest absolute Gasteiger partial charge is 0.374 e. The van der Waals surface area contributed by atoms with Gasteiger partial charge in [0.25, 0.3) is 0 Å². The standard InChI is InChI=1S/C11H17FN2S/c1-14(3-4-15-2)11-6-9(8-13)5-10(12)7-11/h5-7H,3-4,8,13H2,1-2H3. The molecule has 4 heteroatoms. The lowest BCUT2D eigenvalue weighted by atomic mass is 10.2. The molecule has 2 N–H and O–H groups in total. The van der Waals surface area contributed by atoms with Crippen LogP contribution >= 0.6 is 11.8 Å². The van der Waals surface area contributed by atoms with Crippen molar-refractivity contribution in [2.45, 2.75) is 6.54 Å². The summed E-state index contributed by atoms with van der Waals surface area (Å²) in [6.07, 6.45) is 2.06. The highest BCUT2D eigenvalue weighted by Crippen LogP contribution is 2.17. The Hall–Kier alpha value is -0.740. The summed E-state index contributed by atoms with van der Waals surface area (Å²) < 4.78 is 13.2. The summed E-state index contributed by atoms with van der Waals surface area (Å²) >= 11 is 1.78. The molecule has 0 unspecified atom stereocenters. The number of nitrogens with zero attached hydrogens (tertiary/aromatic N) is 1. The van der Waals surface area contributed by atoms with Gasteiger partial charge in [0.15, 0.2) is 0 Å². The molecule has 0 radical (unpaired) electrons. The summed E-state index contributed by atoms with van der Waals surface area (Å²) in [5, 5.41) is 0. The Kier molecular flexibility index (Phi) is 4.91. The fourth-order valence-corrected chi connectivity index (χ4v) is 1.79. The monoisotopic (exact) mass is 228 g/mol. The van der Waals surface area contributed by atoms with Crippen molar-refractivity contribution in [2.24, 2.45) is 5.73 Å². The molecule has 0 bridgehead atoms. The minimum Gasteiger partial charge on any atom is -0.374 e. The topological polar surface area (TPSA) is 29.3 Å². The molecule has 0 saturated heterocycles. The van der Waals surface area contributed by atoms with E-state index in [0.29, 0.717) is 6.54 Å². The smallest absolute Gasteiger partial charge is 0.125 e. The summed E-state index contributed by atoms with van der Waals surface area (Å²) in [4.78, 5) is 2.04. The minimum absolute atomic E-state index is 0.219. The number of benzene rings is 1. The Morgan fingerprint density at radius 1 is 1.40 bits per heavy atom. The second-order valence-corrected chi connectivity index (χ2v) is 4.42. The van der Waals surface area contributed by atoms with Crippen LogP contribution in [0, 0.1) is 5.82 Å². The van der Waals surface area contributed by atoms with Crippen molar-refractivity contribution < 1.29 is 4.39 Å². The third-order valence-electron chi connectivity index (χ3n) is 2.25. The Morgan fingerprint density at radius 3 is 2.73 bits per heavy atom. The van der Waals surface area contributed by atoms with Gasteiger partial charge in [-0.25, -0.2) is 4.39 Å². The van der Waals surface area contributed by atoms with Gasteiger partial charge >= 0.3 is 0 Å². The molecule has 2 nitrogen and oxygen atoms in total. The molecule has 0 aliphatic carbocycles. The molecule has 0 saturated carbocycles. The maximum atomic E-state index is 13.2. The van der Waals surface area contributed by atoms with Crippen molar-refractivity contribution in [3.63, 3.8) is 0 Å². The number of hydrogen-bond acceptors (Lipinski definition) is 3. The van der Waals surface area contributed by atoms with E-state index in [1.165, 1.54) is 6.07 Å². The van der Waals surface area contributed by atoms with Crippen LogP contribution in [-0.2, 0) is 6.54 Å². The fraction of sp³-hybridized carbons (Fsp3) is 0.455. The molecule has 0 amide bonds. The fourth-order valence-electron chi connectivity index (χ4n) is 1.33. The van der Waals surface area contributed by atoms with E-state index in [2.05, 4.69) is 6.26 Å². The molecule has 0 fully saturated rings. The van der Waals surface area contributed by atoms with Crippen LogP contribution in [0.2, 0.25) is 0 Å². The molecule has 0 atom stereocenters. The second-order valence-electron chi connectivity index (χ2n) is 3.44. The van der Waals surface area contributed by atoms with E-state index in [4.69, 9.17) is 5.73 Å². The molecule has 15 heavy (non-hydrogen) atoms. The molecule has 84 valence electrons. The van der Waals surface area contributed by atoms with Crippen molar-refractivity contribution >= 4 is 17.4 Å². The number of halogens is 1. The van der Waals surface area contributed by atoms with Crippen LogP contribution < -0.4 is 10.6 Å². The van der Waals surface area contributed by atoms with Gasteiger partial charge < -0.3 is 10.6 Å². The zero-order valence-corrected chi connectivity index (χ0v) is 9.98. The molecule has 1 aromatic rings. The number of anilines is 1. The quantitative estimate of drug-likeness (QED) is 0.836. The first-order valence-corrected chi connectivity index (χ1v) is 6.26. The Morgan fingerprint density at radius 2 is 2.13 bits per heavy atom. The molecule has 0 spiro atoms. The predicted octanol–water partition coefficient (Wildman–Crippen LogP) is 2.08. The van der Waals surface area contributed by atoms with Crippen molar-refractivity contribution in [2.75, 3.05) is 30.5 Å². The van der Waals surface area contributed by atoms with Gasteiger partial charge in [0, 0.05) is 31.6 Å². The molecule has 1 rings (SSSR count). The zero-order chi connectivity index (χ0) is 11.3. The third kappa shape index (κ3) is 3.72. The molecule has 0 aliphatic rings. The SMILES string of the molecule is CSCCN(C)c1cc(F)cc(CN)c1. The number of thioether (sulfide) groups is 1. The van der Waals surface area contributed by atoms with Crippen LogP contribution in [-0.4, -0.2) is 25.6 Å². The van der Waals surface area contributed by atoms with E-state index in [-0.39, 0.29) is 5.82 Å². The zero-order valence-electron chi connectivity index (χ0n) is 9.16. The van der Waals surface area contributed by atoms with Gasteiger partial charge in [-0.1, -0.05) is 0 Å². The van der Waals surface area contributed by atoms with Gasteiger partial charge in [-0.2, -0.15) is 11.8 Å². The van der Waals surface area contributed by atoms with E-state index in [0.717, 1.165) is 23.5 Å². The van der Waals surface area contributed by atoms with E-state index >= 15 is 0 Å². The molecule has 0 heterocycles. The van der Waals surface area contributed by atoms with E-state index in [1.807, 2.05) is 18.0 Å². The van der Waals surface area contributed by atoms with Gasteiger partial charge in [-0.3, -0.25) is 0 Å². The van der Waals surface area contributed by atoms with Crippen LogP contribution in [0.5, 0.6) is 0 Å². The third-order valence-corrected chi connectivity index (χ3v) is 2.84. The number of nitrogens with two attached hydrogens (primary N) is 1. The van der Waals surface area contributed by atoms with Gasteiger partial charge in [0.05, 0.1) is 0 Å². The summed E-state index contributed by atoms with van der Waals surface area (Å²) in [5.74, 6) is 0.814. The lowest BCUT2D eigenvalue weighted by molar-refractivity contribution is 0.625. The Balaban J connectivity index is 2.78. The van der Waals surface area contributed by atoms with Crippen LogP contribution in [0.15, 0.2) is 18.2 Å². The molecular formula is C11H17FN2S. The first-order chi connectivity index (χ1) is 7.17. The molecule has 0 aromatic heterocycles. The average molecular weight is 228 g/mol. The molecule has 0 aliphatic heterocycles. The normalized spacial score (nSPS) is 10.4. The first kappa shape index (κ1) is 12.3. The number of hydrogen-bond donors (Lipinski definition) is 1. The average Bonchev–Trinajstić information content (AvgIpc) is 2.24. The van der Waals surface area contributed by atoms with E-state index in [9.17, 15) is 4.39 Å².